The highest BCUT2D eigenvalue weighted by Crippen LogP contribution is 2.37. The molecular formula is C23H19Cl4NO2. The molecule has 3 rings (SSSR count). The maximum atomic E-state index is 6.50. The molecule has 3 aromatic rings. The quantitative estimate of drug-likeness (QED) is 0.317. The molecule has 0 aliphatic carbocycles. The zero-order valence-corrected chi connectivity index (χ0v) is 19.4. The van der Waals surface area contributed by atoms with Crippen molar-refractivity contribution in [1.29, 1.82) is 0 Å². The van der Waals surface area contributed by atoms with Crippen molar-refractivity contribution in [1.82, 2.24) is 0 Å². The van der Waals surface area contributed by atoms with Gasteiger partial charge in [0.05, 0.1) is 17.3 Å². The molecule has 0 saturated carbocycles. The number of nitrogens with zero attached hydrogens (tertiary/aromatic N) is 1. The first kappa shape index (κ1) is 22.8. The van der Waals surface area contributed by atoms with E-state index in [1.54, 1.807) is 24.4 Å². The van der Waals surface area contributed by atoms with E-state index in [0.29, 0.717) is 38.2 Å². The Morgan fingerprint density at radius 1 is 0.900 bits per heavy atom. The van der Waals surface area contributed by atoms with Gasteiger partial charge in [-0.1, -0.05) is 58.5 Å². The number of hydrogen-bond acceptors (Lipinski definition) is 3. The van der Waals surface area contributed by atoms with Gasteiger partial charge in [-0.2, -0.15) is 0 Å². The van der Waals surface area contributed by atoms with Crippen molar-refractivity contribution in [2.24, 2.45) is 4.99 Å². The molecule has 0 fully saturated rings. The Hall–Kier alpha value is -1.91. The van der Waals surface area contributed by atoms with Crippen molar-refractivity contribution < 1.29 is 9.47 Å². The normalized spacial score (nSPS) is 11.1. The molecule has 0 aromatic heterocycles. The smallest absolute Gasteiger partial charge is 0.180 e. The van der Waals surface area contributed by atoms with Crippen LogP contribution in [0.5, 0.6) is 11.5 Å². The summed E-state index contributed by atoms with van der Waals surface area (Å²) in [5.74, 6) is 0.972. The average Bonchev–Trinajstić information content (AvgIpc) is 2.70. The predicted molar refractivity (Wildman–Crippen MR) is 127 cm³/mol. The fourth-order valence-electron chi connectivity index (χ4n) is 2.73. The largest absolute Gasteiger partial charge is 0.490 e. The van der Waals surface area contributed by atoms with Crippen molar-refractivity contribution in [3.63, 3.8) is 0 Å². The zero-order chi connectivity index (χ0) is 21.7. The van der Waals surface area contributed by atoms with Crippen molar-refractivity contribution in [2.75, 3.05) is 6.61 Å². The van der Waals surface area contributed by atoms with Crippen molar-refractivity contribution >= 4 is 58.3 Å². The lowest BCUT2D eigenvalue weighted by molar-refractivity contribution is 0.269. The summed E-state index contributed by atoms with van der Waals surface area (Å²) < 4.78 is 11.7. The van der Waals surface area contributed by atoms with Crippen LogP contribution in [0, 0.1) is 6.92 Å². The summed E-state index contributed by atoms with van der Waals surface area (Å²) in [6.45, 7) is 4.50. The molecule has 7 heteroatoms. The van der Waals surface area contributed by atoms with Crippen molar-refractivity contribution in [3.05, 3.63) is 85.3 Å². The average molecular weight is 483 g/mol. The van der Waals surface area contributed by atoms with Crippen LogP contribution in [0.2, 0.25) is 20.1 Å². The van der Waals surface area contributed by atoms with Crippen LogP contribution in [0.25, 0.3) is 0 Å². The Morgan fingerprint density at radius 3 is 2.43 bits per heavy atom. The van der Waals surface area contributed by atoms with E-state index in [0.717, 1.165) is 22.4 Å². The van der Waals surface area contributed by atoms with E-state index in [1.165, 1.54) is 0 Å². The van der Waals surface area contributed by atoms with Crippen LogP contribution in [0.15, 0.2) is 53.5 Å². The molecule has 0 heterocycles. The van der Waals surface area contributed by atoms with E-state index in [9.17, 15) is 0 Å². The van der Waals surface area contributed by atoms with E-state index < -0.39 is 0 Å². The van der Waals surface area contributed by atoms with Crippen molar-refractivity contribution in [2.45, 2.75) is 20.5 Å². The number of ether oxygens (including phenoxy) is 2. The summed E-state index contributed by atoms with van der Waals surface area (Å²) >= 11 is 24.8. The van der Waals surface area contributed by atoms with Gasteiger partial charge in [-0.15, -0.1) is 0 Å². The lowest BCUT2D eigenvalue weighted by atomic mass is 10.2. The van der Waals surface area contributed by atoms with Crippen LogP contribution in [0.1, 0.15) is 23.6 Å². The summed E-state index contributed by atoms with van der Waals surface area (Å²) in [7, 11) is 0. The molecule has 0 radical (unpaired) electrons. The minimum absolute atomic E-state index is 0.227. The SMILES string of the molecule is CCOc1cc(C=Nc2cccc(Cl)c2C)cc(Cl)c1OCc1ccc(Cl)cc1Cl. The number of benzene rings is 3. The molecule has 0 spiro atoms. The Balaban J connectivity index is 1.86. The van der Waals surface area contributed by atoms with Gasteiger partial charge in [0.1, 0.15) is 6.61 Å². The van der Waals surface area contributed by atoms with Gasteiger partial charge >= 0.3 is 0 Å². The highest BCUT2D eigenvalue weighted by Gasteiger charge is 2.13. The lowest BCUT2D eigenvalue weighted by Crippen LogP contribution is -2.02. The van der Waals surface area contributed by atoms with E-state index in [4.69, 9.17) is 55.9 Å². The van der Waals surface area contributed by atoms with Crippen LogP contribution in [-0.2, 0) is 6.61 Å². The number of halogens is 4. The van der Waals surface area contributed by atoms with Crippen LogP contribution in [-0.4, -0.2) is 12.8 Å². The highest BCUT2D eigenvalue weighted by molar-refractivity contribution is 6.35. The third-order valence-electron chi connectivity index (χ3n) is 4.31. The second-order valence-electron chi connectivity index (χ2n) is 6.43. The Kier molecular flexibility index (Phi) is 7.90. The predicted octanol–water partition coefficient (Wildman–Crippen LogP) is 8.34. The maximum absolute atomic E-state index is 6.50. The van der Waals surface area contributed by atoms with Crippen LogP contribution >= 0.6 is 46.4 Å². The summed E-state index contributed by atoms with van der Waals surface area (Å²) in [6.07, 6.45) is 1.72. The number of aliphatic imine (C=N–C) groups is 1. The summed E-state index contributed by atoms with van der Waals surface area (Å²) in [5.41, 5.74) is 3.27. The molecule has 0 saturated heterocycles. The number of hydrogen-bond donors (Lipinski definition) is 0. The van der Waals surface area contributed by atoms with E-state index in [1.807, 2.05) is 44.2 Å². The van der Waals surface area contributed by atoms with Gasteiger partial charge in [0, 0.05) is 26.8 Å². The van der Waals surface area contributed by atoms with Crippen LogP contribution in [0.4, 0.5) is 5.69 Å². The third kappa shape index (κ3) is 5.61. The van der Waals surface area contributed by atoms with E-state index >= 15 is 0 Å². The molecule has 0 N–H and O–H groups in total. The molecule has 3 nitrogen and oxygen atoms in total. The first-order chi connectivity index (χ1) is 14.4. The van der Waals surface area contributed by atoms with Crippen molar-refractivity contribution in [3.8, 4) is 11.5 Å². The Morgan fingerprint density at radius 2 is 1.70 bits per heavy atom. The first-order valence-electron chi connectivity index (χ1n) is 9.21. The molecule has 0 bridgehead atoms. The Bertz CT molecular complexity index is 1080. The minimum Gasteiger partial charge on any atom is -0.490 e. The topological polar surface area (TPSA) is 30.8 Å². The molecule has 0 amide bonds. The summed E-state index contributed by atoms with van der Waals surface area (Å²) in [6, 6.07) is 14.4. The van der Waals surface area contributed by atoms with Gasteiger partial charge in [-0.05, 0) is 61.4 Å². The molecular weight excluding hydrogens is 464 g/mol. The molecule has 0 aliphatic rings. The van der Waals surface area contributed by atoms with Crippen LogP contribution < -0.4 is 9.47 Å². The van der Waals surface area contributed by atoms with Gasteiger partial charge in [0.2, 0.25) is 0 Å². The second-order valence-corrected chi connectivity index (χ2v) is 8.09. The third-order valence-corrected chi connectivity index (χ3v) is 5.59. The highest BCUT2D eigenvalue weighted by atomic mass is 35.5. The second kappa shape index (κ2) is 10.4. The van der Waals surface area contributed by atoms with Gasteiger partial charge in [0.15, 0.2) is 11.5 Å². The zero-order valence-electron chi connectivity index (χ0n) is 16.4. The minimum atomic E-state index is 0.227. The molecule has 3 aromatic carbocycles. The molecule has 0 aliphatic heterocycles. The lowest BCUT2D eigenvalue weighted by Gasteiger charge is -2.15. The maximum Gasteiger partial charge on any atom is 0.180 e. The van der Waals surface area contributed by atoms with Gasteiger partial charge < -0.3 is 9.47 Å². The number of rotatable bonds is 7. The van der Waals surface area contributed by atoms with E-state index in [2.05, 4.69) is 4.99 Å². The molecule has 0 unspecified atom stereocenters. The monoisotopic (exact) mass is 481 g/mol. The summed E-state index contributed by atoms with van der Waals surface area (Å²) in [4.78, 5) is 4.53. The van der Waals surface area contributed by atoms with Gasteiger partial charge in [0.25, 0.3) is 0 Å². The summed E-state index contributed by atoms with van der Waals surface area (Å²) in [5, 5.41) is 2.17. The fourth-order valence-corrected chi connectivity index (χ4v) is 3.64. The Labute approximate surface area is 196 Å². The first-order valence-corrected chi connectivity index (χ1v) is 10.7. The molecule has 0 atom stereocenters. The fraction of sp³-hybridized carbons (Fsp3) is 0.174. The van der Waals surface area contributed by atoms with Gasteiger partial charge in [-0.25, -0.2) is 0 Å². The molecule has 156 valence electrons. The van der Waals surface area contributed by atoms with E-state index in [-0.39, 0.29) is 6.61 Å². The van der Waals surface area contributed by atoms with Gasteiger partial charge in [-0.3, -0.25) is 4.99 Å². The standard InChI is InChI=1S/C23H19Cl4NO2/c1-3-29-22-10-15(12-28-21-6-4-5-18(25)14(21)2)9-20(27)23(22)30-13-16-7-8-17(24)11-19(16)26/h4-12H,3,13H2,1-2H3. The van der Waals surface area contributed by atoms with Crippen LogP contribution in [0.3, 0.4) is 0 Å². The molecule has 30 heavy (non-hydrogen) atoms.